The third kappa shape index (κ3) is 2.71. The first-order chi connectivity index (χ1) is 10.7. The van der Waals surface area contributed by atoms with Gasteiger partial charge in [0.25, 0.3) is 0 Å². The van der Waals surface area contributed by atoms with Crippen molar-refractivity contribution >= 4 is 22.9 Å². The summed E-state index contributed by atoms with van der Waals surface area (Å²) in [5, 5.41) is 3.12. The zero-order valence-electron chi connectivity index (χ0n) is 12.3. The van der Waals surface area contributed by atoms with Crippen LogP contribution in [0.25, 0.3) is 11.2 Å². The molecule has 0 aliphatic carbocycles. The van der Waals surface area contributed by atoms with Gasteiger partial charge in [0.15, 0.2) is 11.5 Å². The topological polar surface area (TPSA) is 111 Å². The maximum absolute atomic E-state index is 5.86. The average Bonchev–Trinajstić information content (AvgIpc) is 3.01. The number of nitrogens with one attached hydrogen (secondary N) is 2. The highest BCUT2D eigenvalue weighted by Gasteiger charge is 2.08. The van der Waals surface area contributed by atoms with Crippen LogP contribution in [0.5, 0.6) is 11.5 Å². The number of H-pyrrole nitrogens is 1. The molecule has 4 N–H and O–H groups in total. The molecule has 22 heavy (non-hydrogen) atoms. The number of nitrogens with two attached hydrogens (primary N) is 1. The molecule has 0 saturated carbocycles. The predicted octanol–water partition coefficient (Wildman–Crippen LogP) is 1.56. The molecule has 0 aliphatic heterocycles. The quantitative estimate of drug-likeness (QED) is 0.655. The highest BCUT2D eigenvalue weighted by Crippen LogP contribution is 2.23. The van der Waals surface area contributed by atoms with Crippen molar-refractivity contribution < 1.29 is 9.47 Å². The predicted molar refractivity (Wildman–Crippen MR) is 83.0 cm³/mol. The number of fused-ring (bicyclic) bond motifs is 1. The number of benzene rings is 1. The van der Waals surface area contributed by atoms with Crippen LogP contribution in [-0.2, 0) is 6.54 Å². The van der Waals surface area contributed by atoms with E-state index in [2.05, 4.69) is 25.3 Å². The Morgan fingerprint density at radius 3 is 2.55 bits per heavy atom. The Morgan fingerprint density at radius 2 is 1.86 bits per heavy atom. The fraction of sp³-hybridized carbons (Fsp3) is 0.214. The number of nitrogens with zero attached hydrogens (tertiary/aromatic N) is 3. The second kappa shape index (κ2) is 5.76. The SMILES string of the molecule is COc1cc(CNc2nc(N)c3[nH]cnc3n2)cc(OC)c1. The Balaban J connectivity index is 1.81. The van der Waals surface area contributed by atoms with Crippen LogP contribution in [0.3, 0.4) is 0 Å². The van der Waals surface area contributed by atoms with E-state index in [9.17, 15) is 0 Å². The number of aromatic nitrogens is 4. The molecule has 0 saturated heterocycles. The summed E-state index contributed by atoms with van der Waals surface area (Å²) >= 11 is 0. The molecule has 3 rings (SSSR count). The van der Waals surface area contributed by atoms with E-state index < -0.39 is 0 Å². The van der Waals surface area contributed by atoms with Crippen molar-refractivity contribution in [2.75, 3.05) is 25.3 Å². The first-order valence-corrected chi connectivity index (χ1v) is 6.62. The largest absolute Gasteiger partial charge is 0.497 e. The van der Waals surface area contributed by atoms with Gasteiger partial charge in [-0.1, -0.05) is 0 Å². The number of aromatic amines is 1. The minimum absolute atomic E-state index is 0.355. The lowest BCUT2D eigenvalue weighted by Crippen LogP contribution is -2.06. The van der Waals surface area contributed by atoms with Gasteiger partial charge in [-0.25, -0.2) is 4.98 Å². The molecule has 0 aliphatic rings. The second-order valence-corrected chi connectivity index (χ2v) is 4.61. The summed E-state index contributed by atoms with van der Waals surface area (Å²) in [7, 11) is 3.22. The van der Waals surface area contributed by atoms with E-state index in [1.54, 1.807) is 14.2 Å². The molecule has 0 unspecified atom stereocenters. The standard InChI is InChI=1S/C14H16N6O2/c1-21-9-3-8(4-10(5-9)22-2)6-16-14-19-12(15)11-13(20-14)18-7-17-11/h3-5,7H,6H2,1-2H3,(H4,15,16,17,18,19,20). The average molecular weight is 300 g/mol. The molecular formula is C14H16N6O2. The highest BCUT2D eigenvalue weighted by atomic mass is 16.5. The van der Waals surface area contributed by atoms with Crippen LogP contribution in [0.15, 0.2) is 24.5 Å². The second-order valence-electron chi connectivity index (χ2n) is 4.61. The number of methoxy groups -OCH3 is 2. The zero-order valence-corrected chi connectivity index (χ0v) is 12.3. The summed E-state index contributed by atoms with van der Waals surface area (Å²) in [6.07, 6.45) is 1.53. The Bertz CT molecular complexity index is 779. The van der Waals surface area contributed by atoms with Crippen LogP contribution in [0, 0.1) is 0 Å². The number of hydrogen-bond donors (Lipinski definition) is 3. The smallest absolute Gasteiger partial charge is 0.227 e. The number of hydrogen-bond acceptors (Lipinski definition) is 7. The third-order valence-electron chi connectivity index (χ3n) is 3.18. The maximum Gasteiger partial charge on any atom is 0.227 e. The first kappa shape index (κ1) is 13.9. The lowest BCUT2D eigenvalue weighted by molar-refractivity contribution is 0.393. The number of rotatable bonds is 5. The molecule has 114 valence electrons. The number of nitrogen functional groups attached to an aromatic ring is 1. The molecular weight excluding hydrogens is 284 g/mol. The molecule has 0 spiro atoms. The van der Waals surface area contributed by atoms with Gasteiger partial charge < -0.3 is 25.5 Å². The van der Waals surface area contributed by atoms with Crippen LogP contribution in [0.4, 0.5) is 11.8 Å². The molecule has 3 aromatic rings. The molecule has 1 aromatic carbocycles. The summed E-state index contributed by atoms with van der Waals surface area (Å²) in [6.45, 7) is 0.503. The van der Waals surface area contributed by atoms with Crippen LogP contribution >= 0.6 is 0 Å². The summed E-state index contributed by atoms with van der Waals surface area (Å²) in [6, 6.07) is 5.63. The van der Waals surface area contributed by atoms with Crippen molar-refractivity contribution in [3.8, 4) is 11.5 Å². The van der Waals surface area contributed by atoms with Crippen molar-refractivity contribution in [2.24, 2.45) is 0 Å². The van der Waals surface area contributed by atoms with Gasteiger partial charge in [0, 0.05) is 12.6 Å². The molecule has 0 amide bonds. The van der Waals surface area contributed by atoms with E-state index in [1.165, 1.54) is 6.33 Å². The Labute approximate surface area is 126 Å². The summed E-state index contributed by atoms with van der Waals surface area (Å²) in [4.78, 5) is 15.5. The monoisotopic (exact) mass is 300 g/mol. The van der Waals surface area contributed by atoms with Gasteiger partial charge in [0.05, 0.1) is 20.5 Å². The Kier molecular flexibility index (Phi) is 3.65. The van der Waals surface area contributed by atoms with Crippen molar-refractivity contribution in [3.05, 3.63) is 30.1 Å². The van der Waals surface area contributed by atoms with Gasteiger partial charge in [0.2, 0.25) is 5.95 Å². The summed E-state index contributed by atoms with van der Waals surface area (Å²) in [5.41, 5.74) is 7.99. The molecule has 0 bridgehead atoms. The van der Waals surface area contributed by atoms with Crippen molar-refractivity contribution in [1.82, 2.24) is 19.9 Å². The fourth-order valence-electron chi connectivity index (χ4n) is 2.08. The van der Waals surface area contributed by atoms with E-state index in [-0.39, 0.29) is 0 Å². The number of ether oxygens (including phenoxy) is 2. The molecule has 2 aromatic heterocycles. The van der Waals surface area contributed by atoms with E-state index in [0.29, 0.717) is 29.5 Å². The Hall–Kier alpha value is -3.03. The molecule has 8 heteroatoms. The molecule has 0 atom stereocenters. The van der Waals surface area contributed by atoms with E-state index >= 15 is 0 Å². The summed E-state index contributed by atoms with van der Waals surface area (Å²) < 4.78 is 10.5. The normalized spacial score (nSPS) is 10.6. The molecule has 0 fully saturated rings. The molecule has 0 radical (unpaired) electrons. The fourth-order valence-corrected chi connectivity index (χ4v) is 2.08. The minimum atomic E-state index is 0.355. The van der Waals surface area contributed by atoms with Crippen molar-refractivity contribution in [3.63, 3.8) is 0 Å². The van der Waals surface area contributed by atoms with Gasteiger partial charge in [-0.2, -0.15) is 9.97 Å². The number of anilines is 2. The lowest BCUT2D eigenvalue weighted by Gasteiger charge is -2.09. The van der Waals surface area contributed by atoms with Crippen LogP contribution in [0.1, 0.15) is 5.56 Å². The van der Waals surface area contributed by atoms with Gasteiger partial charge in [-0.3, -0.25) is 0 Å². The van der Waals surface area contributed by atoms with E-state index in [1.807, 2.05) is 18.2 Å². The number of imidazole rings is 1. The van der Waals surface area contributed by atoms with Crippen LogP contribution in [0.2, 0.25) is 0 Å². The van der Waals surface area contributed by atoms with Crippen LogP contribution in [-0.4, -0.2) is 34.2 Å². The molecule has 8 nitrogen and oxygen atoms in total. The first-order valence-electron chi connectivity index (χ1n) is 6.62. The van der Waals surface area contributed by atoms with Gasteiger partial charge >= 0.3 is 0 Å². The zero-order chi connectivity index (χ0) is 15.5. The lowest BCUT2D eigenvalue weighted by atomic mass is 10.2. The summed E-state index contributed by atoms with van der Waals surface area (Å²) in [5.74, 6) is 2.21. The third-order valence-corrected chi connectivity index (χ3v) is 3.18. The highest BCUT2D eigenvalue weighted by molar-refractivity contribution is 5.82. The minimum Gasteiger partial charge on any atom is -0.497 e. The van der Waals surface area contributed by atoms with Gasteiger partial charge in [-0.15, -0.1) is 0 Å². The van der Waals surface area contributed by atoms with Gasteiger partial charge in [-0.05, 0) is 17.7 Å². The van der Waals surface area contributed by atoms with E-state index in [4.69, 9.17) is 15.2 Å². The van der Waals surface area contributed by atoms with Gasteiger partial charge in [0.1, 0.15) is 17.0 Å². The molecule has 2 heterocycles. The van der Waals surface area contributed by atoms with Crippen molar-refractivity contribution in [1.29, 1.82) is 0 Å². The van der Waals surface area contributed by atoms with Crippen LogP contribution < -0.4 is 20.5 Å². The van der Waals surface area contributed by atoms with Crippen molar-refractivity contribution in [2.45, 2.75) is 6.54 Å². The van der Waals surface area contributed by atoms with E-state index in [0.717, 1.165) is 17.1 Å². The Morgan fingerprint density at radius 1 is 1.14 bits per heavy atom. The maximum atomic E-state index is 5.86.